The zero-order valence-corrected chi connectivity index (χ0v) is 11.5. The van der Waals surface area contributed by atoms with Gasteiger partial charge in [0.15, 0.2) is 0 Å². The van der Waals surface area contributed by atoms with E-state index in [-0.39, 0.29) is 12.3 Å². The molecule has 1 amide bonds. The number of rotatable bonds is 6. The number of amides is 1. The molecule has 6 nitrogen and oxygen atoms in total. The summed E-state index contributed by atoms with van der Waals surface area (Å²) in [4.78, 5) is 24.1. The normalized spacial score (nSPS) is 11.7. The Balaban J connectivity index is 2.44. The van der Waals surface area contributed by atoms with E-state index in [9.17, 15) is 9.59 Å². The predicted molar refractivity (Wildman–Crippen MR) is 74.1 cm³/mol. The quantitative estimate of drug-likeness (QED) is 0.816. The summed E-state index contributed by atoms with van der Waals surface area (Å²) in [6, 6.07) is 7.91. The zero-order chi connectivity index (χ0) is 15.1. The highest BCUT2D eigenvalue weighted by Crippen LogP contribution is 2.09. The Bertz CT molecular complexity index is 519. The maximum Gasteiger partial charge on any atom is 0.320 e. The molecule has 0 saturated carbocycles. The number of anilines is 1. The van der Waals surface area contributed by atoms with Gasteiger partial charge in [0.25, 0.3) is 0 Å². The molecule has 1 rings (SSSR count). The minimum absolute atomic E-state index is 0.195. The van der Waals surface area contributed by atoms with Crippen LogP contribution in [-0.2, 0) is 9.59 Å². The maximum absolute atomic E-state index is 11.7. The number of hydrogen-bond donors (Lipinski definition) is 2. The summed E-state index contributed by atoms with van der Waals surface area (Å²) in [5, 5.41) is 20.2. The maximum atomic E-state index is 11.7. The number of nitrogens with zero attached hydrogens (tertiary/aromatic N) is 2. The molecule has 2 N–H and O–H groups in total. The van der Waals surface area contributed by atoms with Crippen LogP contribution in [0.5, 0.6) is 0 Å². The van der Waals surface area contributed by atoms with Gasteiger partial charge < -0.3 is 10.4 Å². The lowest BCUT2D eigenvalue weighted by molar-refractivity contribution is -0.142. The smallest absolute Gasteiger partial charge is 0.320 e. The highest BCUT2D eigenvalue weighted by Gasteiger charge is 2.17. The Morgan fingerprint density at radius 2 is 2.00 bits per heavy atom. The molecule has 6 heteroatoms. The second-order valence-corrected chi connectivity index (χ2v) is 4.48. The van der Waals surface area contributed by atoms with Gasteiger partial charge in [-0.05, 0) is 38.2 Å². The standard InChI is InChI=1S/C14H17N3O3/c1-10(14(19)20)17(2)8-7-13(18)16-12-5-3-11(9-15)4-6-12/h3-6,10H,7-8H2,1-2H3,(H,16,18)(H,19,20). The molecule has 0 aliphatic heterocycles. The molecule has 0 aromatic heterocycles. The van der Waals surface area contributed by atoms with Crippen molar-refractivity contribution in [3.8, 4) is 6.07 Å². The summed E-state index contributed by atoms with van der Waals surface area (Å²) in [5.41, 5.74) is 1.14. The van der Waals surface area contributed by atoms with Crippen molar-refractivity contribution in [1.82, 2.24) is 4.90 Å². The minimum atomic E-state index is -0.917. The first kappa shape index (κ1) is 15.7. The molecule has 1 aromatic carbocycles. The molecule has 0 heterocycles. The first-order valence-corrected chi connectivity index (χ1v) is 6.17. The van der Waals surface area contributed by atoms with Crippen LogP contribution in [0.25, 0.3) is 0 Å². The third-order valence-electron chi connectivity index (χ3n) is 3.01. The molecule has 1 atom stereocenters. The Hall–Kier alpha value is -2.39. The number of carboxylic acids is 1. The summed E-state index contributed by atoms with van der Waals surface area (Å²) >= 11 is 0. The molecule has 20 heavy (non-hydrogen) atoms. The molecule has 0 aliphatic carbocycles. The second-order valence-electron chi connectivity index (χ2n) is 4.48. The van der Waals surface area contributed by atoms with E-state index >= 15 is 0 Å². The van der Waals surface area contributed by atoms with Gasteiger partial charge in [0.2, 0.25) is 5.91 Å². The predicted octanol–water partition coefficient (Wildman–Crippen LogP) is 1.29. The van der Waals surface area contributed by atoms with Gasteiger partial charge in [-0.1, -0.05) is 0 Å². The zero-order valence-electron chi connectivity index (χ0n) is 11.5. The van der Waals surface area contributed by atoms with Crippen LogP contribution < -0.4 is 5.32 Å². The van der Waals surface area contributed by atoms with E-state index in [0.717, 1.165) is 0 Å². The lowest BCUT2D eigenvalue weighted by Gasteiger charge is -2.20. The summed E-state index contributed by atoms with van der Waals surface area (Å²) in [6.45, 7) is 1.93. The summed E-state index contributed by atoms with van der Waals surface area (Å²) in [6.07, 6.45) is 0.203. The lowest BCUT2D eigenvalue weighted by atomic mass is 10.2. The van der Waals surface area contributed by atoms with Gasteiger partial charge >= 0.3 is 5.97 Å². The molecule has 0 saturated heterocycles. The number of benzene rings is 1. The first-order valence-electron chi connectivity index (χ1n) is 6.17. The fourth-order valence-corrected chi connectivity index (χ4v) is 1.51. The topological polar surface area (TPSA) is 93.4 Å². The van der Waals surface area contributed by atoms with Crippen LogP contribution in [0.2, 0.25) is 0 Å². The Morgan fingerprint density at radius 3 is 2.50 bits per heavy atom. The number of aliphatic carboxylic acids is 1. The van der Waals surface area contributed by atoms with E-state index in [1.165, 1.54) is 0 Å². The number of likely N-dealkylation sites (N-methyl/N-ethyl adjacent to an activating group) is 1. The van der Waals surface area contributed by atoms with E-state index in [4.69, 9.17) is 10.4 Å². The van der Waals surface area contributed by atoms with Crippen molar-refractivity contribution in [3.63, 3.8) is 0 Å². The molecule has 1 aromatic rings. The molecular weight excluding hydrogens is 258 g/mol. The molecule has 0 radical (unpaired) electrons. The van der Waals surface area contributed by atoms with Crippen LogP contribution in [0.3, 0.4) is 0 Å². The van der Waals surface area contributed by atoms with Crippen molar-refractivity contribution >= 4 is 17.6 Å². The van der Waals surface area contributed by atoms with Gasteiger partial charge in [0, 0.05) is 18.7 Å². The van der Waals surface area contributed by atoms with Crippen LogP contribution in [0.1, 0.15) is 18.9 Å². The fourth-order valence-electron chi connectivity index (χ4n) is 1.51. The van der Waals surface area contributed by atoms with Gasteiger partial charge in [-0.25, -0.2) is 0 Å². The van der Waals surface area contributed by atoms with Crippen LogP contribution in [0.4, 0.5) is 5.69 Å². The van der Waals surface area contributed by atoms with Gasteiger partial charge in [-0.2, -0.15) is 5.26 Å². The molecular formula is C14H17N3O3. The minimum Gasteiger partial charge on any atom is -0.480 e. The van der Waals surface area contributed by atoms with Crippen molar-refractivity contribution < 1.29 is 14.7 Å². The van der Waals surface area contributed by atoms with Crippen LogP contribution in [0, 0.1) is 11.3 Å². The lowest BCUT2D eigenvalue weighted by Crippen LogP contribution is -2.37. The van der Waals surface area contributed by atoms with Crippen LogP contribution in [-0.4, -0.2) is 41.5 Å². The third-order valence-corrected chi connectivity index (χ3v) is 3.01. The fraction of sp³-hybridized carbons (Fsp3) is 0.357. The van der Waals surface area contributed by atoms with E-state index in [0.29, 0.717) is 17.8 Å². The van der Waals surface area contributed by atoms with E-state index in [1.54, 1.807) is 43.1 Å². The van der Waals surface area contributed by atoms with Crippen molar-refractivity contribution in [2.75, 3.05) is 18.9 Å². The Labute approximate surface area is 117 Å². The number of carboxylic acid groups (broad SMARTS) is 1. The summed E-state index contributed by atoms with van der Waals surface area (Å²) in [7, 11) is 1.66. The molecule has 0 spiro atoms. The van der Waals surface area contributed by atoms with Gasteiger partial charge in [-0.3, -0.25) is 14.5 Å². The van der Waals surface area contributed by atoms with Crippen molar-refractivity contribution in [3.05, 3.63) is 29.8 Å². The Morgan fingerprint density at radius 1 is 1.40 bits per heavy atom. The van der Waals surface area contributed by atoms with Gasteiger partial charge in [-0.15, -0.1) is 0 Å². The van der Waals surface area contributed by atoms with Crippen LogP contribution in [0.15, 0.2) is 24.3 Å². The van der Waals surface area contributed by atoms with E-state index in [1.807, 2.05) is 6.07 Å². The monoisotopic (exact) mass is 275 g/mol. The number of carbonyl (C=O) groups excluding carboxylic acids is 1. The number of carbonyl (C=O) groups is 2. The molecule has 1 unspecified atom stereocenters. The summed E-state index contributed by atoms with van der Waals surface area (Å²) in [5.74, 6) is -1.11. The number of nitrogens with one attached hydrogen (secondary N) is 1. The molecule has 0 aliphatic rings. The highest BCUT2D eigenvalue weighted by molar-refractivity contribution is 5.90. The van der Waals surface area contributed by atoms with Gasteiger partial charge in [0.05, 0.1) is 11.6 Å². The van der Waals surface area contributed by atoms with Gasteiger partial charge in [0.1, 0.15) is 6.04 Å². The molecule has 0 bridgehead atoms. The van der Waals surface area contributed by atoms with Crippen molar-refractivity contribution in [1.29, 1.82) is 5.26 Å². The number of hydrogen-bond acceptors (Lipinski definition) is 4. The number of nitriles is 1. The van der Waals surface area contributed by atoms with Crippen LogP contribution >= 0.6 is 0 Å². The van der Waals surface area contributed by atoms with Crippen molar-refractivity contribution in [2.24, 2.45) is 0 Å². The highest BCUT2D eigenvalue weighted by atomic mass is 16.4. The van der Waals surface area contributed by atoms with E-state index < -0.39 is 12.0 Å². The van der Waals surface area contributed by atoms with Crippen molar-refractivity contribution in [2.45, 2.75) is 19.4 Å². The third kappa shape index (κ3) is 4.71. The largest absolute Gasteiger partial charge is 0.480 e. The first-order chi connectivity index (χ1) is 9.43. The second kappa shape index (κ2) is 7.26. The molecule has 106 valence electrons. The molecule has 0 fully saturated rings. The summed E-state index contributed by atoms with van der Waals surface area (Å²) < 4.78 is 0. The average Bonchev–Trinajstić information content (AvgIpc) is 2.44. The van der Waals surface area contributed by atoms with E-state index in [2.05, 4.69) is 5.32 Å². The SMILES string of the molecule is CC(C(=O)O)N(C)CCC(=O)Nc1ccc(C#N)cc1. The average molecular weight is 275 g/mol. The Kier molecular flexibility index (Phi) is 5.69.